The zero-order valence-electron chi connectivity index (χ0n) is 22.4. The van der Waals surface area contributed by atoms with Crippen molar-refractivity contribution >= 4 is 23.5 Å². The van der Waals surface area contributed by atoms with Crippen LogP contribution >= 0.6 is 0 Å². The molecular formula is C30H33N3O6. The van der Waals surface area contributed by atoms with E-state index in [1.165, 1.54) is 19.2 Å². The van der Waals surface area contributed by atoms with Crippen molar-refractivity contribution in [2.45, 2.75) is 70.4 Å². The normalized spacial score (nSPS) is 26.7. The van der Waals surface area contributed by atoms with E-state index in [0.29, 0.717) is 36.9 Å². The molecule has 39 heavy (non-hydrogen) atoms. The minimum absolute atomic E-state index is 0.0997. The second-order valence-electron chi connectivity index (χ2n) is 11.6. The fourth-order valence-electron chi connectivity index (χ4n) is 5.92. The first-order valence-electron chi connectivity index (χ1n) is 13.3. The van der Waals surface area contributed by atoms with Gasteiger partial charge >= 0.3 is 5.97 Å². The van der Waals surface area contributed by atoms with Crippen molar-refractivity contribution < 1.29 is 29.0 Å². The number of benzene rings is 2. The minimum atomic E-state index is -0.824. The molecule has 0 atom stereocenters. The van der Waals surface area contributed by atoms with Crippen LogP contribution in [-0.2, 0) is 4.79 Å². The van der Waals surface area contributed by atoms with E-state index in [2.05, 4.69) is 16.7 Å². The van der Waals surface area contributed by atoms with Crippen molar-refractivity contribution in [2.24, 2.45) is 11.3 Å². The highest BCUT2D eigenvalue weighted by molar-refractivity contribution is 6.10. The first-order chi connectivity index (χ1) is 18.5. The van der Waals surface area contributed by atoms with E-state index in [0.717, 1.165) is 30.7 Å². The molecule has 0 aliphatic heterocycles. The van der Waals surface area contributed by atoms with Crippen molar-refractivity contribution in [2.75, 3.05) is 12.4 Å². The average Bonchev–Trinajstić information content (AvgIpc) is 2.86. The number of carboxylic acids is 1. The molecule has 9 nitrogen and oxygen atoms in total. The van der Waals surface area contributed by atoms with Gasteiger partial charge < -0.3 is 25.2 Å². The number of nitrogens with zero attached hydrogens (tertiary/aromatic N) is 1. The molecule has 0 saturated heterocycles. The van der Waals surface area contributed by atoms with E-state index in [4.69, 9.17) is 9.47 Å². The first kappa shape index (κ1) is 26.5. The van der Waals surface area contributed by atoms with Gasteiger partial charge in [0.15, 0.2) is 0 Å². The van der Waals surface area contributed by atoms with Gasteiger partial charge in [0, 0.05) is 11.6 Å². The maximum absolute atomic E-state index is 13.5. The number of aryl methyl sites for hydroxylation is 1. The summed E-state index contributed by atoms with van der Waals surface area (Å²) in [7, 11) is 1.41. The summed E-state index contributed by atoms with van der Waals surface area (Å²) in [6.45, 7) is 3.61. The maximum atomic E-state index is 13.5. The van der Waals surface area contributed by atoms with Crippen LogP contribution in [0.4, 0.5) is 5.69 Å². The number of rotatable bonds is 8. The molecule has 0 aromatic heterocycles. The van der Waals surface area contributed by atoms with Gasteiger partial charge in [0.1, 0.15) is 17.6 Å². The molecule has 204 valence electrons. The van der Waals surface area contributed by atoms with E-state index < -0.39 is 17.3 Å². The minimum Gasteiger partial charge on any atom is -0.496 e. The maximum Gasteiger partial charge on any atom is 0.309 e. The van der Waals surface area contributed by atoms with Gasteiger partial charge in [-0.25, -0.2) is 0 Å². The Hall–Kier alpha value is -4.06. The summed E-state index contributed by atoms with van der Waals surface area (Å²) in [6.07, 6.45) is 4.70. The number of nitriles is 1. The lowest BCUT2D eigenvalue weighted by molar-refractivity contribution is -0.150. The Bertz CT molecular complexity index is 1370. The summed E-state index contributed by atoms with van der Waals surface area (Å²) in [5.41, 5.74) is 1.13. The Morgan fingerprint density at radius 2 is 1.72 bits per heavy atom. The first-order valence-corrected chi connectivity index (χ1v) is 13.3. The smallest absolute Gasteiger partial charge is 0.309 e. The predicted octanol–water partition coefficient (Wildman–Crippen LogP) is 4.82. The van der Waals surface area contributed by atoms with Crippen LogP contribution in [0.1, 0.15) is 83.7 Å². The summed E-state index contributed by atoms with van der Waals surface area (Å²) in [5, 5.41) is 25.2. The van der Waals surface area contributed by atoms with Crippen molar-refractivity contribution in [1.82, 2.24) is 5.32 Å². The number of anilines is 1. The number of methoxy groups -OCH3 is 1. The summed E-state index contributed by atoms with van der Waals surface area (Å²) < 4.78 is 11.6. The highest BCUT2D eigenvalue weighted by atomic mass is 16.5. The second kappa shape index (κ2) is 9.92. The molecule has 0 spiro atoms. The summed E-state index contributed by atoms with van der Waals surface area (Å²) in [5.74, 6) is -0.392. The zero-order valence-corrected chi connectivity index (χ0v) is 22.4. The van der Waals surface area contributed by atoms with Crippen LogP contribution < -0.4 is 20.1 Å². The number of ether oxygens (including phenoxy) is 2. The predicted molar refractivity (Wildman–Crippen MR) is 143 cm³/mol. The van der Waals surface area contributed by atoms with Gasteiger partial charge in [-0.15, -0.1) is 0 Å². The molecule has 0 unspecified atom stereocenters. The molecule has 2 aromatic rings. The van der Waals surface area contributed by atoms with Crippen molar-refractivity contribution in [3.63, 3.8) is 0 Å². The summed E-state index contributed by atoms with van der Waals surface area (Å²) >= 11 is 0. The highest BCUT2D eigenvalue weighted by Crippen LogP contribution is 2.57. The van der Waals surface area contributed by atoms with Crippen LogP contribution in [-0.4, -0.2) is 41.6 Å². The van der Waals surface area contributed by atoms with Crippen LogP contribution in [0.15, 0.2) is 30.3 Å². The van der Waals surface area contributed by atoms with Crippen molar-refractivity contribution in [3.8, 4) is 17.6 Å². The molecule has 9 heteroatoms. The van der Waals surface area contributed by atoms with E-state index in [1.807, 2.05) is 13.0 Å². The van der Waals surface area contributed by atoms with Gasteiger partial charge in [0.25, 0.3) is 11.8 Å². The van der Waals surface area contributed by atoms with Gasteiger partial charge in [-0.1, -0.05) is 6.07 Å². The Labute approximate surface area is 227 Å². The number of carbonyl (C=O) groups is 3. The Morgan fingerprint density at radius 1 is 1.03 bits per heavy atom. The number of aliphatic carboxylic acids is 1. The van der Waals surface area contributed by atoms with Crippen molar-refractivity contribution in [1.29, 1.82) is 5.26 Å². The zero-order chi connectivity index (χ0) is 27.9. The van der Waals surface area contributed by atoms with Gasteiger partial charge in [0.2, 0.25) is 0 Å². The second-order valence-corrected chi connectivity index (χ2v) is 11.6. The van der Waals surface area contributed by atoms with Crippen LogP contribution in [0.2, 0.25) is 0 Å². The topological polar surface area (TPSA) is 138 Å². The van der Waals surface area contributed by atoms with Crippen LogP contribution in [0.5, 0.6) is 11.5 Å². The quantitative estimate of drug-likeness (QED) is 0.444. The molecule has 4 aliphatic carbocycles. The molecule has 0 heterocycles. The van der Waals surface area contributed by atoms with Gasteiger partial charge in [-0.3, -0.25) is 14.4 Å². The molecule has 6 rings (SSSR count). The third kappa shape index (κ3) is 5.03. The molecule has 2 amide bonds. The monoisotopic (exact) mass is 531 g/mol. The lowest BCUT2D eigenvalue weighted by atomic mass is 9.50. The molecule has 3 N–H and O–H groups in total. The molecule has 4 aliphatic rings. The molecular weight excluding hydrogens is 498 g/mol. The molecule has 4 saturated carbocycles. The van der Waals surface area contributed by atoms with E-state index in [-0.39, 0.29) is 40.2 Å². The third-order valence-corrected chi connectivity index (χ3v) is 8.60. The molecule has 0 radical (unpaired) electrons. The average molecular weight is 532 g/mol. The van der Waals surface area contributed by atoms with Gasteiger partial charge in [0.05, 0.1) is 41.0 Å². The number of hydrogen-bond donors (Lipinski definition) is 3. The highest BCUT2D eigenvalue weighted by Gasteiger charge is 2.57. The van der Waals surface area contributed by atoms with Crippen molar-refractivity contribution in [3.05, 3.63) is 52.6 Å². The fraction of sp³-hybridized carbons (Fsp3) is 0.467. The van der Waals surface area contributed by atoms with Crippen LogP contribution in [0.25, 0.3) is 0 Å². The number of nitrogens with one attached hydrogen (secondary N) is 2. The number of amides is 2. The lowest BCUT2D eigenvalue weighted by Crippen LogP contribution is -2.68. The molecule has 4 fully saturated rings. The third-order valence-electron chi connectivity index (χ3n) is 8.60. The van der Waals surface area contributed by atoms with Crippen LogP contribution in [0.3, 0.4) is 0 Å². The van der Waals surface area contributed by atoms with E-state index >= 15 is 0 Å². The van der Waals surface area contributed by atoms with E-state index in [1.54, 1.807) is 19.1 Å². The Morgan fingerprint density at radius 3 is 2.28 bits per heavy atom. The molecule has 2 aromatic carbocycles. The standard InChI is InChI=1S/C30H33N3O6/c1-17-4-5-21(27(35)33-30-13-18(14-30)15-30)23(10-17)32-26(34)22-12-24(19(16-31)11-25(22)38-3)39-20-6-8-29(2,9-7-20)28(36)37/h4-5,10-12,18,20H,6-9,13-15H2,1-3H3,(H,32,34)(H,33,35)(H,36,37). The number of carbonyl (C=O) groups excluding carboxylic acids is 2. The number of carboxylic acid groups (broad SMARTS) is 1. The SMILES string of the molecule is COc1cc(C#N)c(OC2CCC(C)(C(=O)O)CC2)cc1C(=O)Nc1cc(C)ccc1C(=O)NC12CC(C1)C2. The lowest BCUT2D eigenvalue weighted by Gasteiger charge is -2.61. The Balaban J connectivity index is 1.37. The number of hydrogen-bond acceptors (Lipinski definition) is 6. The summed E-state index contributed by atoms with van der Waals surface area (Å²) in [4.78, 5) is 38.2. The van der Waals surface area contributed by atoms with Crippen LogP contribution in [0, 0.1) is 29.6 Å². The summed E-state index contributed by atoms with van der Waals surface area (Å²) in [6, 6.07) is 10.3. The largest absolute Gasteiger partial charge is 0.496 e. The Kier molecular flexibility index (Phi) is 6.75. The van der Waals surface area contributed by atoms with E-state index in [9.17, 15) is 24.8 Å². The molecule has 2 bridgehead atoms. The van der Waals surface area contributed by atoms with Gasteiger partial charge in [-0.05, 0) is 88.5 Å². The van der Waals surface area contributed by atoms with Gasteiger partial charge in [-0.2, -0.15) is 5.26 Å². The fourth-order valence-corrected chi connectivity index (χ4v) is 5.92.